The molecule has 2 amide bonds. The highest BCUT2D eigenvalue weighted by atomic mass is 16.5. The Hall–Kier alpha value is -2.50. The second-order valence-corrected chi connectivity index (χ2v) is 6.87. The number of likely N-dealkylation sites (tertiary alicyclic amines) is 1. The van der Waals surface area contributed by atoms with Gasteiger partial charge in [0.25, 0.3) is 0 Å². The average Bonchev–Trinajstić information content (AvgIpc) is 3.32. The summed E-state index contributed by atoms with van der Waals surface area (Å²) >= 11 is 0. The molecular formula is C20H28N4O2. The number of urea groups is 1. The fourth-order valence-electron chi connectivity index (χ4n) is 3.46. The summed E-state index contributed by atoms with van der Waals surface area (Å²) in [4.78, 5) is 14.6. The number of rotatable bonds is 7. The van der Waals surface area contributed by atoms with Gasteiger partial charge in [-0.25, -0.2) is 4.79 Å². The number of carbonyl (C=O) groups excluding carboxylic acids is 1. The molecule has 2 aromatic rings. The van der Waals surface area contributed by atoms with Crippen molar-refractivity contribution >= 4 is 6.03 Å². The van der Waals surface area contributed by atoms with Crippen molar-refractivity contribution in [2.45, 2.75) is 39.3 Å². The second-order valence-electron chi connectivity index (χ2n) is 6.87. The number of hydrogen-bond donors (Lipinski definition) is 1. The van der Waals surface area contributed by atoms with E-state index in [0.717, 1.165) is 31.7 Å². The first kappa shape index (κ1) is 18.3. The van der Waals surface area contributed by atoms with E-state index in [1.165, 1.54) is 5.56 Å². The minimum absolute atomic E-state index is 0.0219. The second kappa shape index (κ2) is 8.74. The molecule has 1 aromatic heterocycles. The van der Waals surface area contributed by atoms with Crippen LogP contribution in [-0.4, -0.2) is 40.4 Å². The molecule has 2 atom stereocenters. The third-order valence-electron chi connectivity index (χ3n) is 4.75. The Balaban J connectivity index is 1.54. The first-order valence-corrected chi connectivity index (χ1v) is 9.42. The van der Waals surface area contributed by atoms with Gasteiger partial charge >= 0.3 is 6.03 Å². The summed E-state index contributed by atoms with van der Waals surface area (Å²) < 4.78 is 7.40. The topological polar surface area (TPSA) is 59.4 Å². The fourth-order valence-corrected chi connectivity index (χ4v) is 3.46. The van der Waals surface area contributed by atoms with E-state index in [0.29, 0.717) is 19.1 Å². The first-order valence-electron chi connectivity index (χ1n) is 9.42. The highest BCUT2D eigenvalue weighted by Gasteiger charge is 2.30. The number of nitrogens with zero attached hydrogens (tertiary/aromatic N) is 3. The lowest BCUT2D eigenvalue weighted by atomic mass is 10.0. The largest absolute Gasteiger partial charge is 0.494 e. The van der Waals surface area contributed by atoms with E-state index in [1.54, 1.807) is 6.20 Å². The number of benzene rings is 1. The Labute approximate surface area is 155 Å². The first-order chi connectivity index (χ1) is 12.7. The molecular weight excluding hydrogens is 328 g/mol. The summed E-state index contributed by atoms with van der Waals surface area (Å²) in [5.41, 5.74) is 1.17. The van der Waals surface area contributed by atoms with Crippen LogP contribution in [0.5, 0.6) is 5.75 Å². The van der Waals surface area contributed by atoms with Crippen LogP contribution in [0.3, 0.4) is 0 Å². The normalized spacial score (nSPS) is 17.9. The molecule has 0 aliphatic carbocycles. The zero-order chi connectivity index (χ0) is 18.4. The molecule has 0 spiro atoms. The van der Waals surface area contributed by atoms with Crippen molar-refractivity contribution in [3.8, 4) is 5.75 Å². The Morgan fingerprint density at radius 3 is 2.88 bits per heavy atom. The van der Waals surface area contributed by atoms with Crippen molar-refractivity contribution in [1.82, 2.24) is 20.0 Å². The third kappa shape index (κ3) is 4.56. The van der Waals surface area contributed by atoms with Crippen molar-refractivity contribution in [2.75, 3.05) is 19.7 Å². The van der Waals surface area contributed by atoms with Gasteiger partial charge in [0.2, 0.25) is 0 Å². The number of ether oxygens (including phenoxy) is 1. The van der Waals surface area contributed by atoms with Crippen LogP contribution in [0.1, 0.15) is 38.3 Å². The molecule has 1 aliphatic rings. The minimum atomic E-state index is 0.0219. The van der Waals surface area contributed by atoms with Gasteiger partial charge in [0, 0.05) is 32.0 Å². The molecule has 1 N–H and O–H groups in total. The maximum atomic E-state index is 12.7. The van der Waals surface area contributed by atoms with Gasteiger partial charge in [0.1, 0.15) is 5.75 Å². The summed E-state index contributed by atoms with van der Waals surface area (Å²) in [7, 11) is 0. The van der Waals surface area contributed by atoms with Crippen molar-refractivity contribution in [3.63, 3.8) is 0 Å². The zero-order valence-corrected chi connectivity index (χ0v) is 15.6. The summed E-state index contributed by atoms with van der Waals surface area (Å²) in [5, 5.41) is 7.31. The maximum Gasteiger partial charge on any atom is 0.317 e. The number of hydrogen-bond acceptors (Lipinski definition) is 3. The number of amides is 2. The van der Waals surface area contributed by atoms with Crippen molar-refractivity contribution in [3.05, 3.63) is 48.3 Å². The molecule has 0 radical (unpaired) electrons. The van der Waals surface area contributed by atoms with E-state index in [4.69, 9.17) is 4.74 Å². The maximum absolute atomic E-state index is 12.7. The van der Waals surface area contributed by atoms with Gasteiger partial charge in [-0.15, -0.1) is 0 Å². The number of nitrogens with one attached hydrogen (secondary N) is 1. The van der Waals surface area contributed by atoms with Crippen LogP contribution in [0.2, 0.25) is 0 Å². The van der Waals surface area contributed by atoms with Crippen LogP contribution >= 0.6 is 0 Å². The minimum Gasteiger partial charge on any atom is -0.494 e. The summed E-state index contributed by atoms with van der Waals surface area (Å²) in [6, 6.07) is 10.2. The summed E-state index contributed by atoms with van der Waals surface area (Å²) in [5.74, 6) is 1.20. The van der Waals surface area contributed by atoms with Gasteiger partial charge in [-0.2, -0.15) is 5.10 Å². The zero-order valence-electron chi connectivity index (χ0n) is 15.6. The van der Waals surface area contributed by atoms with Gasteiger partial charge in [-0.3, -0.25) is 4.68 Å². The third-order valence-corrected chi connectivity index (χ3v) is 4.75. The predicted octanol–water partition coefficient (Wildman–Crippen LogP) is 3.46. The molecule has 6 nitrogen and oxygen atoms in total. The standard InChI is InChI=1S/C20H28N4O2/c1-3-26-18-9-7-17(8-10-18)19-6-4-13-24(19)20(25)21-14-16(2)15-23-12-5-11-22-23/h5,7-12,16,19H,3-4,6,13-15H2,1-2H3,(H,21,25). The smallest absolute Gasteiger partial charge is 0.317 e. The molecule has 2 heterocycles. The van der Waals surface area contributed by atoms with E-state index in [2.05, 4.69) is 29.5 Å². The highest BCUT2D eigenvalue weighted by molar-refractivity contribution is 5.75. The number of aromatic nitrogens is 2. The van der Waals surface area contributed by atoms with E-state index in [1.807, 2.05) is 40.9 Å². The van der Waals surface area contributed by atoms with Crippen LogP contribution in [0.25, 0.3) is 0 Å². The summed E-state index contributed by atoms with van der Waals surface area (Å²) in [6.45, 7) is 7.01. The van der Waals surface area contributed by atoms with Gasteiger partial charge in [-0.05, 0) is 49.4 Å². The van der Waals surface area contributed by atoms with E-state index >= 15 is 0 Å². The van der Waals surface area contributed by atoms with Gasteiger partial charge < -0.3 is 15.0 Å². The monoisotopic (exact) mass is 356 g/mol. The van der Waals surface area contributed by atoms with Crippen LogP contribution in [-0.2, 0) is 6.54 Å². The van der Waals surface area contributed by atoms with Crippen molar-refractivity contribution < 1.29 is 9.53 Å². The van der Waals surface area contributed by atoms with Crippen molar-refractivity contribution in [1.29, 1.82) is 0 Å². The molecule has 3 rings (SSSR count). The molecule has 1 aliphatic heterocycles. The lowest BCUT2D eigenvalue weighted by molar-refractivity contribution is 0.190. The fraction of sp³-hybridized carbons (Fsp3) is 0.500. The summed E-state index contributed by atoms with van der Waals surface area (Å²) in [6.07, 6.45) is 5.76. The lowest BCUT2D eigenvalue weighted by Gasteiger charge is -2.26. The van der Waals surface area contributed by atoms with E-state index < -0.39 is 0 Å². The van der Waals surface area contributed by atoms with Crippen LogP contribution in [0, 0.1) is 5.92 Å². The molecule has 6 heteroatoms. The average molecular weight is 356 g/mol. The van der Waals surface area contributed by atoms with Crippen LogP contribution in [0.4, 0.5) is 4.79 Å². The van der Waals surface area contributed by atoms with Crippen LogP contribution < -0.4 is 10.1 Å². The van der Waals surface area contributed by atoms with E-state index in [9.17, 15) is 4.79 Å². The highest BCUT2D eigenvalue weighted by Crippen LogP contribution is 2.32. The molecule has 1 fully saturated rings. The Morgan fingerprint density at radius 1 is 1.38 bits per heavy atom. The number of carbonyl (C=O) groups is 1. The van der Waals surface area contributed by atoms with Crippen molar-refractivity contribution in [2.24, 2.45) is 5.92 Å². The quantitative estimate of drug-likeness (QED) is 0.826. The molecule has 140 valence electrons. The Morgan fingerprint density at radius 2 is 2.19 bits per heavy atom. The molecule has 0 saturated carbocycles. The SMILES string of the molecule is CCOc1ccc(C2CCCN2C(=O)NCC(C)Cn2cccn2)cc1. The Bertz CT molecular complexity index is 684. The van der Waals surface area contributed by atoms with Crippen LogP contribution in [0.15, 0.2) is 42.7 Å². The molecule has 1 saturated heterocycles. The van der Waals surface area contributed by atoms with Gasteiger partial charge in [0.05, 0.1) is 12.6 Å². The molecule has 0 bridgehead atoms. The van der Waals surface area contributed by atoms with E-state index in [-0.39, 0.29) is 12.1 Å². The molecule has 1 aromatic carbocycles. The van der Waals surface area contributed by atoms with Gasteiger partial charge in [-0.1, -0.05) is 19.1 Å². The lowest BCUT2D eigenvalue weighted by Crippen LogP contribution is -2.41. The molecule has 2 unspecified atom stereocenters. The predicted molar refractivity (Wildman–Crippen MR) is 101 cm³/mol. The van der Waals surface area contributed by atoms with Gasteiger partial charge in [0.15, 0.2) is 0 Å². The Kier molecular flexibility index (Phi) is 6.15. The molecule has 26 heavy (non-hydrogen) atoms.